The van der Waals surface area contributed by atoms with Gasteiger partial charge in [-0.25, -0.2) is 0 Å². The zero-order valence-corrected chi connectivity index (χ0v) is 28.1. The van der Waals surface area contributed by atoms with E-state index in [1.807, 2.05) is 0 Å². The number of unbranched alkanes of at least 4 members (excludes halogenated alkanes) is 16. The van der Waals surface area contributed by atoms with Gasteiger partial charge in [0, 0.05) is 0 Å². The van der Waals surface area contributed by atoms with Gasteiger partial charge < -0.3 is 50.5 Å². The van der Waals surface area contributed by atoms with E-state index in [4.69, 9.17) is 9.47 Å². The van der Waals surface area contributed by atoms with Crippen LogP contribution in [0.3, 0.4) is 0 Å². The molecule has 1 aliphatic heterocycles. The maximum Gasteiger partial charge on any atom is 0.249 e. The predicted octanol–water partition coefficient (Wildman–Crippen LogP) is 3.21. The summed E-state index contributed by atoms with van der Waals surface area (Å²) in [6, 6.07) is -1.16. The molecular weight excluding hydrogens is 582 g/mol. The van der Waals surface area contributed by atoms with E-state index in [9.17, 15) is 40.5 Å². The lowest BCUT2D eigenvalue weighted by Crippen LogP contribution is -2.60. The minimum absolute atomic E-state index is 0.264. The summed E-state index contributed by atoms with van der Waals surface area (Å²) in [4.78, 5) is 12.9. The minimum atomic E-state index is -1.65. The molecule has 0 aliphatic carbocycles. The Labute approximate surface area is 271 Å². The number of amides is 1. The Morgan fingerprint density at radius 2 is 1.16 bits per heavy atom. The van der Waals surface area contributed by atoms with Crippen molar-refractivity contribution in [2.75, 3.05) is 13.2 Å². The molecule has 0 aromatic carbocycles. The average Bonchev–Trinajstić information content (AvgIpc) is 3.04. The highest BCUT2D eigenvalue weighted by Crippen LogP contribution is 2.23. The first-order valence-corrected chi connectivity index (χ1v) is 17.9. The number of rotatable bonds is 28. The SMILES string of the molecule is CCCCCCCCCCCCCC(O)C(=O)NC(COC1OC(CO)C(O)C(O)C1O)C(O)C(O)CCCCCCCCC. The molecule has 11 nitrogen and oxygen atoms in total. The smallest absolute Gasteiger partial charge is 0.249 e. The molecule has 1 heterocycles. The Hall–Kier alpha value is -0.890. The average molecular weight is 650 g/mol. The van der Waals surface area contributed by atoms with Gasteiger partial charge in [-0.2, -0.15) is 0 Å². The second kappa shape index (κ2) is 26.1. The number of hydrogen-bond acceptors (Lipinski definition) is 10. The van der Waals surface area contributed by atoms with E-state index in [0.717, 1.165) is 44.9 Å². The van der Waals surface area contributed by atoms with Gasteiger partial charge >= 0.3 is 0 Å². The van der Waals surface area contributed by atoms with E-state index in [1.54, 1.807) is 0 Å². The molecule has 45 heavy (non-hydrogen) atoms. The molecule has 1 rings (SSSR count). The molecule has 0 bridgehead atoms. The first kappa shape index (κ1) is 42.1. The summed E-state index contributed by atoms with van der Waals surface area (Å²) >= 11 is 0. The first-order valence-electron chi connectivity index (χ1n) is 17.9. The highest BCUT2D eigenvalue weighted by Gasteiger charge is 2.44. The third kappa shape index (κ3) is 17.7. The highest BCUT2D eigenvalue weighted by molar-refractivity contribution is 5.80. The summed E-state index contributed by atoms with van der Waals surface area (Å²) in [6.07, 6.45) is 9.12. The molecule has 268 valence electrons. The summed E-state index contributed by atoms with van der Waals surface area (Å²) in [5, 5.41) is 74.7. The Bertz CT molecular complexity index is 714. The van der Waals surface area contributed by atoms with Crippen molar-refractivity contribution >= 4 is 5.91 Å². The van der Waals surface area contributed by atoms with E-state index in [0.29, 0.717) is 19.3 Å². The molecule has 1 saturated heterocycles. The number of aliphatic hydroxyl groups excluding tert-OH is 7. The van der Waals surface area contributed by atoms with Crippen LogP contribution in [-0.4, -0.2) is 110 Å². The van der Waals surface area contributed by atoms with Crippen LogP contribution >= 0.6 is 0 Å². The van der Waals surface area contributed by atoms with Crippen molar-refractivity contribution in [3.63, 3.8) is 0 Å². The van der Waals surface area contributed by atoms with Gasteiger partial charge in [0.15, 0.2) is 6.29 Å². The molecule has 0 radical (unpaired) electrons. The lowest BCUT2D eigenvalue weighted by molar-refractivity contribution is -0.303. The summed E-state index contributed by atoms with van der Waals surface area (Å²) in [5.41, 5.74) is 0. The summed E-state index contributed by atoms with van der Waals surface area (Å²) < 4.78 is 11.0. The Morgan fingerprint density at radius 3 is 1.64 bits per heavy atom. The monoisotopic (exact) mass is 649 g/mol. The Kier molecular flexibility index (Phi) is 24.4. The van der Waals surface area contributed by atoms with Crippen LogP contribution in [0.5, 0.6) is 0 Å². The zero-order valence-electron chi connectivity index (χ0n) is 28.1. The Balaban J connectivity index is 2.60. The lowest BCUT2D eigenvalue weighted by atomic mass is 9.98. The Morgan fingerprint density at radius 1 is 0.689 bits per heavy atom. The van der Waals surface area contributed by atoms with Gasteiger partial charge in [-0.15, -0.1) is 0 Å². The third-order valence-electron chi connectivity index (χ3n) is 8.91. The number of aliphatic hydroxyl groups is 7. The van der Waals surface area contributed by atoms with Crippen LogP contribution in [0.25, 0.3) is 0 Å². The van der Waals surface area contributed by atoms with Crippen LogP contribution < -0.4 is 5.32 Å². The van der Waals surface area contributed by atoms with Crippen LogP contribution in [0.4, 0.5) is 0 Å². The topological polar surface area (TPSA) is 189 Å². The number of nitrogens with one attached hydrogen (secondary N) is 1. The van der Waals surface area contributed by atoms with E-state index in [2.05, 4.69) is 19.2 Å². The molecular formula is C34H67NO10. The molecule has 0 aromatic heterocycles. The van der Waals surface area contributed by atoms with Crippen molar-refractivity contribution in [2.24, 2.45) is 0 Å². The number of hydrogen-bond donors (Lipinski definition) is 8. The van der Waals surface area contributed by atoms with Gasteiger partial charge in [0.2, 0.25) is 5.91 Å². The summed E-state index contributed by atoms with van der Waals surface area (Å²) in [5.74, 6) is -0.702. The van der Waals surface area contributed by atoms with Crippen molar-refractivity contribution in [1.82, 2.24) is 5.32 Å². The number of carbonyl (C=O) groups is 1. The molecule has 0 spiro atoms. The fourth-order valence-electron chi connectivity index (χ4n) is 5.79. The molecule has 0 saturated carbocycles. The van der Waals surface area contributed by atoms with Crippen LogP contribution in [0.15, 0.2) is 0 Å². The van der Waals surface area contributed by atoms with Gasteiger partial charge in [0.1, 0.15) is 36.6 Å². The third-order valence-corrected chi connectivity index (χ3v) is 8.91. The number of ether oxygens (including phenoxy) is 2. The molecule has 11 heteroatoms. The van der Waals surface area contributed by atoms with Crippen molar-refractivity contribution in [2.45, 2.75) is 197 Å². The largest absolute Gasteiger partial charge is 0.394 e. The molecule has 1 aliphatic rings. The van der Waals surface area contributed by atoms with E-state index < -0.39 is 74.2 Å². The van der Waals surface area contributed by atoms with Gasteiger partial charge in [0.25, 0.3) is 0 Å². The number of carbonyl (C=O) groups excluding carboxylic acids is 1. The van der Waals surface area contributed by atoms with Gasteiger partial charge in [-0.05, 0) is 12.8 Å². The van der Waals surface area contributed by atoms with E-state index >= 15 is 0 Å². The first-order chi connectivity index (χ1) is 21.7. The molecule has 0 aromatic rings. The van der Waals surface area contributed by atoms with Gasteiger partial charge in [0.05, 0.1) is 25.4 Å². The fourth-order valence-corrected chi connectivity index (χ4v) is 5.79. The lowest BCUT2D eigenvalue weighted by Gasteiger charge is -2.40. The predicted molar refractivity (Wildman–Crippen MR) is 173 cm³/mol. The van der Waals surface area contributed by atoms with Crippen LogP contribution in [0.2, 0.25) is 0 Å². The maximum atomic E-state index is 12.9. The fraction of sp³-hybridized carbons (Fsp3) is 0.971. The van der Waals surface area contributed by atoms with Crippen molar-refractivity contribution in [1.29, 1.82) is 0 Å². The van der Waals surface area contributed by atoms with E-state index in [1.165, 1.54) is 57.8 Å². The van der Waals surface area contributed by atoms with Crippen molar-refractivity contribution in [3.8, 4) is 0 Å². The molecule has 1 fully saturated rings. The zero-order chi connectivity index (χ0) is 33.5. The quantitative estimate of drug-likeness (QED) is 0.0585. The molecule has 1 amide bonds. The van der Waals surface area contributed by atoms with Crippen LogP contribution in [-0.2, 0) is 14.3 Å². The maximum absolute atomic E-state index is 12.9. The standard InChI is InChI=1S/C34H67NO10/c1-3-5-7-9-11-12-13-14-16-18-20-22-27(38)33(43)35-25(29(39)26(37)21-19-17-15-10-8-6-4-2)24-44-34-32(42)31(41)30(40)28(23-36)45-34/h25-32,34,36-42H,3-24H2,1-2H3,(H,35,43). The van der Waals surface area contributed by atoms with Gasteiger partial charge in [-0.3, -0.25) is 4.79 Å². The second-order valence-electron chi connectivity index (χ2n) is 13.0. The molecule has 9 atom stereocenters. The van der Waals surface area contributed by atoms with E-state index in [-0.39, 0.29) is 6.42 Å². The molecule has 9 unspecified atom stereocenters. The summed E-state index contributed by atoms with van der Waals surface area (Å²) in [7, 11) is 0. The second-order valence-corrected chi connectivity index (χ2v) is 13.0. The minimum Gasteiger partial charge on any atom is -0.394 e. The van der Waals surface area contributed by atoms with Crippen molar-refractivity contribution in [3.05, 3.63) is 0 Å². The highest BCUT2D eigenvalue weighted by atomic mass is 16.7. The van der Waals surface area contributed by atoms with Crippen LogP contribution in [0.1, 0.15) is 142 Å². The molecule has 8 N–H and O–H groups in total. The normalized spacial score (nSPS) is 24.7. The van der Waals surface area contributed by atoms with Gasteiger partial charge in [-0.1, -0.05) is 129 Å². The van der Waals surface area contributed by atoms with Crippen LogP contribution in [0, 0.1) is 0 Å². The van der Waals surface area contributed by atoms with Crippen molar-refractivity contribution < 1.29 is 50.0 Å². The summed E-state index contributed by atoms with van der Waals surface area (Å²) in [6.45, 7) is 3.32.